The Bertz CT molecular complexity index is 712. The van der Waals surface area contributed by atoms with Crippen LogP contribution >= 0.6 is 30.3 Å². The molecule has 1 saturated heterocycles. The normalized spacial score (nSPS) is 18.3. The van der Waals surface area contributed by atoms with Crippen LogP contribution in [-0.4, -0.2) is 65.9 Å². The van der Waals surface area contributed by atoms with E-state index in [4.69, 9.17) is 0 Å². The van der Waals surface area contributed by atoms with Gasteiger partial charge in [-0.3, -0.25) is 13.6 Å². The van der Waals surface area contributed by atoms with Gasteiger partial charge in [0.1, 0.15) is 5.69 Å². The molecule has 6 nitrogen and oxygen atoms in total. The van der Waals surface area contributed by atoms with E-state index in [2.05, 4.69) is 26.5 Å². The summed E-state index contributed by atoms with van der Waals surface area (Å²) < 4.78 is 1.83. The SMILES string of the molecule is CN(CCC1CCNCC1)C(=O)C1=CCN(C)C(=O)c2c1ccn2SI. The molecule has 0 radical (unpaired) electrons. The average Bonchev–Trinajstić information content (AvgIpc) is 3.04. The minimum absolute atomic E-state index is 0.000470. The van der Waals surface area contributed by atoms with Crippen LogP contribution in [0.3, 0.4) is 0 Å². The van der Waals surface area contributed by atoms with Gasteiger partial charge in [0.15, 0.2) is 0 Å². The van der Waals surface area contributed by atoms with Crippen LogP contribution in [0.15, 0.2) is 18.3 Å². The number of carbonyl (C=O) groups is 2. The summed E-state index contributed by atoms with van der Waals surface area (Å²) >= 11 is 2.15. The number of nitrogens with one attached hydrogen (secondary N) is 1. The van der Waals surface area contributed by atoms with E-state index in [9.17, 15) is 9.59 Å². The van der Waals surface area contributed by atoms with Gasteiger partial charge in [-0.2, -0.15) is 0 Å². The number of carbonyl (C=O) groups excluding carboxylic acids is 2. The molecule has 0 aliphatic carbocycles. The Balaban J connectivity index is 1.76. The number of likely N-dealkylation sites (N-methyl/N-ethyl adjacent to an activating group) is 2. The summed E-state index contributed by atoms with van der Waals surface area (Å²) in [6.07, 6.45) is 7.14. The molecule has 1 N–H and O–H groups in total. The fourth-order valence-corrected chi connectivity index (χ4v) is 4.89. The number of fused-ring (bicyclic) bond motifs is 1. The minimum Gasteiger partial charge on any atom is -0.342 e. The summed E-state index contributed by atoms with van der Waals surface area (Å²) in [7, 11) is 5.07. The number of nitrogens with zero attached hydrogens (tertiary/aromatic N) is 3. The van der Waals surface area contributed by atoms with E-state index < -0.39 is 0 Å². The van der Waals surface area contributed by atoms with Crippen molar-refractivity contribution in [3.8, 4) is 0 Å². The molecule has 3 rings (SSSR count). The van der Waals surface area contributed by atoms with Crippen LogP contribution in [0, 0.1) is 5.92 Å². The number of hydrogen-bond acceptors (Lipinski definition) is 4. The first kappa shape index (κ1) is 19.8. The van der Waals surface area contributed by atoms with Gasteiger partial charge < -0.3 is 15.1 Å². The van der Waals surface area contributed by atoms with Crippen LogP contribution in [0.25, 0.3) is 5.57 Å². The Morgan fingerprint density at radius 2 is 2.15 bits per heavy atom. The van der Waals surface area contributed by atoms with Crippen LogP contribution in [0.4, 0.5) is 0 Å². The first-order valence-electron chi connectivity index (χ1n) is 8.95. The summed E-state index contributed by atoms with van der Waals surface area (Å²) in [5, 5.41) is 3.38. The van der Waals surface area contributed by atoms with Gasteiger partial charge in [0.25, 0.3) is 11.8 Å². The van der Waals surface area contributed by atoms with E-state index in [1.54, 1.807) is 11.9 Å². The fourth-order valence-electron chi connectivity index (χ4n) is 3.56. The molecule has 0 saturated carbocycles. The standard InChI is InChI=1S/C18H25IN4O2S/c1-21(10-5-13-3-8-20-9-4-13)17(24)15-6-11-22(2)18(25)16-14(15)7-12-23(16)26-19/h6-7,12-13,20H,3-5,8-11H2,1-2H3. The molecule has 0 aromatic carbocycles. The average molecular weight is 488 g/mol. The number of halogens is 1. The summed E-state index contributed by atoms with van der Waals surface area (Å²) in [5.74, 6) is 0.638. The lowest BCUT2D eigenvalue weighted by atomic mass is 9.94. The van der Waals surface area contributed by atoms with Crippen molar-refractivity contribution in [3.05, 3.63) is 29.6 Å². The molecule has 1 aromatic rings. The van der Waals surface area contributed by atoms with Gasteiger partial charge in [0, 0.05) is 74.8 Å². The molecular formula is C18H25IN4O2S. The maximum atomic E-state index is 13.1. The van der Waals surface area contributed by atoms with Crippen molar-refractivity contribution in [2.45, 2.75) is 19.3 Å². The van der Waals surface area contributed by atoms with Crippen molar-refractivity contribution in [1.82, 2.24) is 19.1 Å². The smallest absolute Gasteiger partial charge is 0.272 e. The minimum atomic E-state index is -0.0504. The van der Waals surface area contributed by atoms with Gasteiger partial charge in [0.2, 0.25) is 0 Å². The molecule has 2 amide bonds. The molecule has 1 fully saturated rings. The molecule has 0 bridgehead atoms. The lowest BCUT2D eigenvalue weighted by Gasteiger charge is -2.25. The zero-order chi connectivity index (χ0) is 18.7. The number of amides is 2. The predicted molar refractivity (Wildman–Crippen MR) is 114 cm³/mol. The molecule has 2 aliphatic rings. The molecule has 1 aromatic heterocycles. The molecule has 8 heteroatoms. The summed E-state index contributed by atoms with van der Waals surface area (Å²) in [6, 6.07) is 1.88. The Labute approximate surface area is 171 Å². The number of rotatable bonds is 5. The monoisotopic (exact) mass is 488 g/mol. The fraction of sp³-hybridized carbons (Fsp3) is 0.556. The second kappa shape index (κ2) is 8.79. The van der Waals surface area contributed by atoms with Crippen LogP contribution in [0.5, 0.6) is 0 Å². The second-order valence-electron chi connectivity index (χ2n) is 6.99. The highest BCUT2D eigenvalue weighted by molar-refractivity contribution is 14.2. The number of piperidine rings is 1. The van der Waals surface area contributed by atoms with E-state index in [-0.39, 0.29) is 11.8 Å². The zero-order valence-corrected chi connectivity index (χ0v) is 18.2. The molecule has 26 heavy (non-hydrogen) atoms. The first-order valence-corrected chi connectivity index (χ1v) is 12.3. The quantitative estimate of drug-likeness (QED) is 0.648. The topological polar surface area (TPSA) is 57.6 Å². The van der Waals surface area contributed by atoms with Gasteiger partial charge in [-0.1, -0.05) is 6.08 Å². The second-order valence-corrected chi connectivity index (χ2v) is 8.70. The lowest BCUT2D eigenvalue weighted by molar-refractivity contribution is -0.124. The Hall–Kier alpha value is -1.00. The van der Waals surface area contributed by atoms with E-state index in [1.807, 2.05) is 34.3 Å². The van der Waals surface area contributed by atoms with Crippen molar-refractivity contribution >= 4 is 47.7 Å². The predicted octanol–water partition coefficient (Wildman–Crippen LogP) is 2.65. The van der Waals surface area contributed by atoms with Crippen LogP contribution in [0.2, 0.25) is 0 Å². The maximum absolute atomic E-state index is 13.1. The van der Waals surface area contributed by atoms with Gasteiger partial charge in [-0.25, -0.2) is 0 Å². The highest BCUT2D eigenvalue weighted by atomic mass is 127. The highest BCUT2D eigenvalue weighted by Gasteiger charge is 2.29. The van der Waals surface area contributed by atoms with Crippen molar-refractivity contribution in [3.63, 3.8) is 0 Å². The third-order valence-electron chi connectivity index (χ3n) is 5.24. The summed E-state index contributed by atoms with van der Waals surface area (Å²) in [4.78, 5) is 29.2. The van der Waals surface area contributed by atoms with E-state index in [0.717, 1.165) is 31.6 Å². The molecule has 0 atom stereocenters. The summed E-state index contributed by atoms with van der Waals surface area (Å²) in [6.45, 7) is 3.35. The van der Waals surface area contributed by atoms with Gasteiger partial charge in [-0.15, -0.1) is 0 Å². The molecule has 2 aliphatic heterocycles. The van der Waals surface area contributed by atoms with Gasteiger partial charge in [-0.05, 0) is 44.3 Å². The highest BCUT2D eigenvalue weighted by Crippen LogP contribution is 2.31. The Morgan fingerprint density at radius 3 is 2.85 bits per heavy atom. The third kappa shape index (κ3) is 4.12. The van der Waals surface area contributed by atoms with Crippen molar-refractivity contribution in [2.75, 3.05) is 40.3 Å². The molecule has 142 valence electrons. The van der Waals surface area contributed by atoms with Gasteiger partial charge >= 0.3 is 0 Å². The summed E-state index contributed by atoms with van der Waals surface area (Å²) in [5.41, 5.74) is 1.95. The van der Waals surface area contributed by atoms with Crippen molar-refractivity contribution in [1.29, 1.82) is 0 Å². The third-order valence-corrected chi connectivity index (χ3v) is 6.97. The van der Waals surface area contributed by atoms with Crippen molar-refractivity contribution < 1.29 is 9.59 Å². The number of aromatic nitrogens is 1. The Kier molecular flexibility index (Phi) is 6.68. The zero-order valence-electron chi connectivity index (χ0n) is 15.2. The lowest BCUT2D eigenvalue weighted by Crippen LogP contribution is -2.33. The van der Waals surface area contributed by atoms with Crippen LogP contribution in [-0.2, 0) is 4.79 Å². The van der Waals surface area contributed by atoms with E-state index >= 15 is 0 Å². The Morgan fingerprint density at radius 1 is 1.42 bits per heavy atom. The molecule has 0 spiro atoms. The largest absolute Gasteiger partial charge is 0.342 e. The van der Waals surface area contributed by atoms with Crippen molar-refractivity contribution in [2.24, 2.45) is 5.92 Å². The molecule has 0 unspecified atom stereocenters. The van der Waals surface area contributed by atoms with Gasteiger partial charge in [0.05, 0.1) is 0 Å². The van der Waals surface area contributed by atoms with Crippen LogP contribution < -0.4 is 5.32 Å². The van der Waals surface area contributed by atoms with E-state index in [0.29, 0.717) is 23.7 Å². The molecular weight excluding hydrogens is 463 g/mol. The van der Waals surface area contributed by atoms with Crippen LogP contribution in [0.1, 0.15) is 35.3 Å². The number of hydrogen-bond donors (Lipinski definition) is 1. The first-order chi connectivity index (χ1) is 12.5. The maximum Gasteiger partial charge on any atom is 0.272 e. The molecule has 3 heterocycles. The van der Waals surface area contributed by atoms with E-state index in [1.165, 1.54) is 22.0 Å².